The molecule has 1 heterocycles. The first kappa shape index (κ1) is 24.1. The van der Waals surface area contributed by atoms with Crippen LogP contribution in [-0.4, -0.2) is 14.2 Å². The Hall–Kier alpha value is -2.60. The molecule has 0 unspecified atom stereocenters. The van der Waals surface area contributed by atoms with E-state index in [2.05, 4.69) is 105 Å². The number of pyridine rings is 1. The molecule has 0 bridgehead atoms. The van der Waals surface area contributed by atoms with Crippen LogP contribution >= 0.6 is 0 Å². The maximum absolute atomic E-state index is 5.77. The van der Waals surface area contributed by atoms with Crippen molar-refractivity contribution in [3.63, 3.8) is 0 Å². The molecule has 3 nitrogen and oxygen atoms in total. The quantitative estimate of drug-likeness (QED) is 0.294. The van der Waals surface area contributed by atoms with E-state index >= 15 is 0 Å². The molecule has 0 aliphatic rings. The summed E-state index contributed by atoms with van der Waals surface area (Å²) in [5, 5.41) is 1.20. The number of hydrogen-bond acceptors (Lipinski definition) is 2. The second-order valence-electron chi connectivity index (χ2n) is 8.99. The summed E-state index contributed by atoms with van der Waals surface area (Å²) in [5.41, 5.74) is 6.97. The number of para-hydroxylation sites is 1. The lowest BCUT2D eigenvalue weighted by atomic mass is 9.86. The van der Waals surface area contributed by atoms with Crippen LogP contribution in [0.1, 0.15) is 26.3 Å². The van der Waals surface area contributed by atoms with Gasteiger partial charge in [-0.3, -0.25) is 0 Å². The van der Waals surface area contributed by atoms with Crippen molar-refractivity contribution in [1.29, 1.82) is 0 Å². The minimum Gasteiger partial charge on any atom is -1.00 e. The van der Waals surface area contributed by atoms with Crippen molar-refractivity contribution in [2.45, 2.75) is 26.2 Å². The lowest BCUT2D eigenvalue weighted by Crippen LogP contribution is -3.00. The molecule has 1 aromatic heterocycles. The molecule has 0 N–H and O–H groups in total. The number of hydrogen-bond donors (Lipinski definition) is 0. The third-order valence-electron chi connectivity index (χ3n) is 5.83. The van der Waals surface area contributed by atoms with Crippen molar-refractivity contribution < 1.29 is 38.0 Å². The second-order valence-corrected chi connectivity index (χ2v) is 8.99. The van der Waals surface area contributed by atoms with Crippen molar-refractivity contribution in [3.05, 3.63) is 78.5 Å². The fourth-order valence-electron chi connectivity index (χ4n) is 4.07. The van der Waals surface area contributed by atoms with Gasteiger partial charge in [0.05, 0.1) is 14.2 Å². The van der Waals surface area contributed by atoms with Gasteiger partial charge in [0, 0.05) is 22.6 Å². The van der Waals surface area contributed by atoms with Crippen molar-refractivity contribution in [1.82, 2.24) is 0 Å². The molecule has 0 radical (unpaired) electrons. The average Bonchev–Trinajstić information content (AvgIpc) is 2.77. The number of aromatic nitrogens is 1. The lowest BCUT2D eigenvalue weighted by molar-refractivity contribution is -0.644. The largest absolute Gasteiger partial charge is 1.00 e. The highest BCUT2D eigenvalue weighted by Gasteiger charge is 2.19. The molecular formula is C28H30INO2. The summed E-state index contributed by atoms with van der Waals surface area (Å²) in [6.45, 7) is 6.68. The molecule has 0 fully saturated rings. The minimum absolute atomic E-state index is 0. The summed E-state index contributed by atoms with van der Waals surface area (Å²) in [4.78, 5) is 0. The molecule has 0 aliphatic heterocycles. The zero-order chi connectivity index (χ0) is 22.2. The van der Waals surface area contributed by atoms with E-state index in [-0.39, 0.29) is 29.4 Å². The summed E-state index contributed by atoms with van der Waals surface area (Å²) in [6.07, 6.45) is 2.16. The van der Waals surface area contributed by atoms with Gasteiger partial charge in [-0.2, -0.15) is 0 Å². The van der Waals surface area contributed by atoms with E-state index in [4.69, 9.17) is 9.47 Å². The number of ether oxygens (including phenoxy) is 2. The zero-order valence-electron chi connectivity index (χ0n) is 19.6. The normalized spacial score (nSPS) is 11.2. The van der Waals surface area contributed by atoms with E-state index in [1.807, 2.05) is 0 Å². The Morgan fingerprint density at radius 3 is 2.06 bits per heavy atom. The van der Waals surface area contributed by atoms with E-state index in [9.17, 15) is 0 Å². The van der Waals surface area contributed by atoms with Gasteiger partial charge in [0.25, 0.3) is 0 Å². The van der Waals surface area contributed by atoms with E-state index in [0.29, 0.717) is 0 Å². The van der Waals surface area contributed by atoms with Gasteiger partial charge in [-0.05, 0) is 46.4 Å². The standard InChI is InChI=1S/C28H30NO2.HI/c1-28(2,3)23-13-11-19(12-14-23)24-16-21(17-26(30-5)27(24)31-6)22-15-20-9-7-8-10-25(20)29(4)18-22;/h7-18H,1-6H3;1H/q+1;/p-1. The van der Waals surface area contributed by atoms with Crippen molar-refractivity contribution in [2.75, 3.05) is 14.2 Å². The molecule has 0 spiro atoms. The van der Waals surface area contributed by atoms with Crippen LogP contribution in [0.3, 0.4) is 0 Å². The number of halogens is 1. The van der Waals surface area contributed by atoms with Crippen LogP contribution in [0.15, 0.2) is 72.9 Å². The fourth-order valence-corrected chi connectivity index (χ4v) is 4.07. The van der Waals surface area contributed by atoms with Crippen LogP contribution in [0.2, 0.25) is 0 Å². The summed E-state index contributed by atoms with van der Waals surface area (Å²) in [6, 6.07) is 23.6. The molecule has 4 aromatic rings. The van der Waals surface area contributed by atoms with Crippen LogP contribution in [0.25, 0.3) is 33.2 Å². The number of fused-ring (bicyclic) bond motifs is 1. The monoisotopic (exact) mass is 539 g/mol. The number of aryl methyl sites for hydroxylation is 1. The predicted molar refractivity (Wildman–Crippen MR) is 128 cm³/mol. The molecule has 0 atom stereocenters. The van der Waals surface area contributed by atoms with Crippen LogP contribution in [-0.2, 0) is 12.5 Å². The zero-order valence-corrected chi connectivity index (χ0v) is 21.7. The van der Waals surface area contributed by atoms with Crippen LogP contribution in [0.5, 0.6) is 11.5 Å². The van der Waals surface area contributed by atoms with Crippen molar-refractivity contribution in [3.8, 4) is 33.8 Å². The van der Waals surface area contributed by atoms with Gasteiger partial charge in [-0.25, -0.2) is 4.57 Å². The van der Waals surface area contributed by atoms with E-state index < -0.39 is 0 Å². The first-order chi connectivity index (χ1) is 14.8. The highest BCUT2D eigenvalue weighted by Crippen LogP contribution is 2.42. The Morgan fingerprint density at radius 2 is 1.44 bits per heavy atom. The van der Waals surface area contributed by atoms with Crippen LogP contribution in [0.4, 0.5) is 0 Å². The summed E-state index contributed by atoms with van der Waals surface area (Å²) in [7, 11) is 5.47. The Balaban J connectivity index is 0.00000289. The Morgan fingerprint density at radius 1 is 0.750 bits per heavy atom. The molecule has 4 heteroatoms. The maximum atomic E-state index is 5.77. The lowest BCUT2D eigenvalue weighted by Gasteiger charge is -2.20. The van der Waals surface area contributed by atoms with Gasteiger partial charge < -0.3 is 33.5 Å². The van der Waals surface area contributed by atoms with Gasteiger partial charge in [0.2, 0.25) is 5.52 Å². The average molecular weight is 539 g/mol. The molecule has 0 saturated carbocycles. The Labute approximate surface area is 208 Å². The van der Waals surface area contributed by atoms with E-state index in [1.54, 1.807) is 14.2 Å². The van der Waals surface area contributed by atoms with Crippen molar-refractivity contribution >= 4 is 10.9 Å². The number of methoxy groups -OCH3 is 2. The van der Waals surface area contributed by atoms with Gasteiger partial charge in [-0.15, -0.1) is 0 Å². The third kappa shape index (κ3) is 4.60. The predicted octanol–water partition coefficient (Wildman–Crippen LogP) is 3.32. The minimum atomic E-state index is 0. The third-order valence-corrected chi connectivity index (χ3v) is 5.83. The second kappa shape index (κ2) is 9.49. The molecule has 166 valence electrons. The molecular weight excluding hydrogens is 509 g/mol. The topological polar surface area (TPSA) is 22.3 Å². The molecule has 3 aromatic carbocycles. The first-order valence-corrected chi connectivity index (χ1v) is 10.6. The van der Waals surface area contributed by atoms with E-state index in [0.717, 1.165) is 33.8 Å². The molecule has 0 saturated heterocycles. The first-order valence-electron chi connectivity index (χ1n) is 10.6. The molecule has 0 amide bonds. The molecule has 0 aliphatic carbocycles. The number of rotatable bonds is 4. The Kier molecular flexibility index (Phi) is 7.13. The summed E-state index contributed by atoms with van der Waals surface area (Å²) in [5.74, 6) is 1.48. The van der Waals surface area contributed by atoms with E-state index in [1.165, 1.54) is 16.5 Å². The molecule has 4 rings (SSSR count). The van der Waals surface area contributed by atoms with Crippen molar-refractivity contribution in [2.24, 2.45) is 7.05 Å². The summed E-state index contributed by atoms with van der Waals surface area (Å²) < 4.78 is 13.7. The van der Waals surface area contributed by atoms with Crippen LogP contribution < -0.4 is 38.0 Å². The van der Waals surface area contributed by atoms with Crippen LogP contribution in [0, 0.1) is 0 Å². The number of benzene rings is 3. The number of nitrogens with zero attached hydrogens (tertiary/aromatic N) is 1. The highest BCUT2D eigenvalue weighted by atomic mass is 127. The smallest absolute Gasteiger partial charge is 0.212 e. The maximum Gasteiger partial charge on any atom is 0.212 e. The highest BCUT2D eigenvalue weighted by molar-refractivity contribution is 5.85. The van der Waals surface area contributed by atoms with Gasteiger partial charge >= 0.3 is 0 Å². The van der Waals surface area contributed by atoms with Gasteiger partial charge in [0.1, 0.15) is 7.05 Å². The SMILES string of the molecule is COc1cc(-c2cc3ccccc3[n+](C)c2)cc(-c2ccc(C(C)(C)C)cc2)c1OC.[I-]. The molecule has 32 heavy (non-hydrogen) atoms. The fraction of sp³-hybridized carbons (Fsp3) is 0.250. The Bertz CT molecular complexity index is 1240. The summed E-state index contributed by atoms with van der Waals surface area (Å²) >= 11 is 0. The van der Waals surface area contributed by atoms with Gasteiger partial charge in [0.15, 0.2) is 17.7 Å². The van der Waals surface area contributed by atoms with Gasteiger partial charge in [-0.1, -0.05) is 57.2 Å².